The molecule has 1 fully saturated rings. The van der Waals surface area contributed by atoms with Crippen LogP contribution in [-0.2, 0) is 9.47 Å². The van der Waals surface area contributed by atoms with E-state index >= 15 is 0 Å². The molecule has 1 amide bonds. The number of alkyl carbamates (subject to hydrolysis) is 1. The summed E-state index contributed by atoms with van der Waals surface area (Å²) in [5.74, 6) is 1.76. The van der Waals surface area contributed by atoms with E-state index in [1.165, 1.54) is 32.1 Å². The lowest BCUT2D eigenvalue weighted by Crippen LogP contribution is -2.38. The zero-order chi connectivity index (χ0) is 18.7. The summed E-state index contributed by atoms with van der Waals surface area (Å²) in [6, 6.07) is 0.356. The van der Waals surface area contributed by atoms with Crippen molar-refractivity contribution in [3.8, 4) is 0 Å². The fraction of sp³-hybridized carbons (Fsp3) is 0.950. The third-order valence-corrected chi connectivity index (χ3v) is 5.00. The fourth-order valence-corrected chi connectivity index (χ4v) is 3.48. The molecule has 0 aliphatic heterocycles. The Bertz CT molecular complexity index is 360. The minimum atomic E-state index is -0.443. The van der Waals surface area contributed by atoms with Crippen molar-refractivity contribution in [2.45, 2.75) is 84.3 Å². The van der Waals surface area contributed by atoms with Crippen LogP contribution in [0.25, 0.3) is 0 Å². The predicted molar refractivity (Wildman–Crippen MR) is 103 cm³/mol. The summed E-state index contributed by atoms with van der Waals surface area (Å²) in [6.45, 7) is 10.4. The molecule has 25 heavy (non-hydrogen) atoms. The third-order valence-electron chi connectivity index (χ3n) is 5.00. The molecular formula is C20H40N2O3. The highest BCUT2D eigenvalue weighted by molar-refractivity contribution is 5.67. The number of hydrogen-bond acceptors (Lipinski definition) is 4. The van der Waals surface area contributed by atoms with Gasteiger partial charge in [-0.2, -0.15) is 0 Å². The molecule has 1 unspecified atom stereocenters. The second-order valence-electron chi connectivity index (χ2n) is 8.43. The zero-order valence-corrected chi connectivity index (χ0v) is 17.0. The number of carbonyl (C=O) groups excluding carboxylic acids is 1. The first-order valence-corrected chi connectivity index (χ1v) is 10.0. The van der Waals surface area contributed by atoms with Crippen molar-refractivity contribution >= 4 is 6.09 Å². The van der Waals surface area contributed by atoms with Crippen molar-refractivity contribution in [1.29, 1.82) is 0 Å². The van der Waals surface area contributed by atoms with Crippen molar-refractivity contribution in [3.63, 3.8) is 0 Å². The van der Waals surface area contributed by atoms with E-state index in [1.807, 2.05) is 20.8 Å². The van der Waals surface area contributed by atoms with Gasteiger partial charge >= 0.3 is 6.09 Å². The predicted octanol–water partition coefficient (Wildman–Crippen LogP) is 4.11. The van der Waals surface area contributed by atoms with Crippen molar-refractivity contribution in [2.24, 2.45) is 11.8 Å². The molecule has 0 radical (unpaired) electrons. The van der Waals surface area contributed by atoms with Gasteiger partial charge in [0.25, 0.3) is 0 Å². The summed E-state index contributed by atoms with van der Waals surface area (Å²) < 4.78 is 10.6. The van der Waals surface area contributed by atoms with Gasteiger partial charge in [-0.3, -0.25) is 0 Å². The van der Waals surface area contributed by atoms with Crippen molar-refractivity contribution in [1.82, 2.24) is 10.6 Å². The van der Waals surface area contributed by atoms with Gasteiger partial charge in [0.05, 0.1) is 6.61 Å². The molecule has 2 N–H and O–H groups in total. The summed E-state index contributed by atoms with van der Waals surface area (Å²) in [5.41, 5.74) is -0.443. The number of amides is 1. The maximum Gasteiger partial charge on any atom is 0.407 e. The van der Waals surface area contributed by atoms with E-state index in [9.17, 15) is 4.79 Å². The Kier molecular flexibility index (Phi) is 10.4. The van der Waals surface area contributed by atoms with Crippen LogP contribution in [-0.4, -0.2) is 44.5 Å². The molecule has 5 heteroatoms. The summed E-state index contributed by atoms with van der Waals surface area (Å²) in [6.07, 6.45) is 8.39. The monoisotopic (exact) mass is 356 g/mol. The number of rotatable bonds is 10. The maximum absolute atomic E-state index is 11.6. The lowest BCUT2D eigenvalue weighted by Gasteiger charge is -2.29. The highest BCUT2D eigenvalue weighted by Crippen LogP contribution is 2.30. The molecule has 0 spiro atoms. The molecule has 0 saturated heterocycles. The molecule has 1 atom stereocenters. The van der Waals surface area contributed by atoms with E-state index in [2.05, 4.69) is 17.6 Å². The number of carbonyl (C=O) groups is 1. The zero-order valence-electron chi connectivity index (χ0n) is 17.0. The highest BCUT2D eigenvalue weighted by atomic mass is 16.6. The van der Waals surface area contributed by atoms with E-state index in [1.54, 1.807) is 7.11 Å². The molecular weight excluding hydrogens is 316 g/mol. The van der Waals surface area contributed by atoms with Gasteiger partial charge in [0.15, 0.2) is 0 Å². The summed E-state index contributed by atoms with van der Waals surface area (Å²) in [5, 5.41) is 6.50. The largest absolute Gasteiger partial charge is 0.444 e. The summed E-state index contributed by atoms with van der Waals surface area (Å²) in [7, 11) is 1.75. The second kappa shape index (κ2) is 11.7. The molecule has 1 saturated carbocycles. The van der Waals surface area contributed by atoms with Crippen LogP contribution in [0.1, 0.15) is 72.6 Å². The lowest BCUT2D eigenvalue weighted by molar-refractivity contribution is 0.0526. The van der Waals surface area contributed by atoms with E-state index < -0.39 is 5.60 Å². The van der Waals surface area contributed by atoms with Gasteiger partial charge in [-0.25, -0.2) is 4.79 Å². The Morgan fingerprint density at radius 2 is 1.80 bits per heavy atom. The van der Waals surface area contributed by atoms with Gasteiger partial charge in [0.2, 0.25) is 0 Å². The van der Waals surface area contributed by atoms with Gasteiger partial charge in [0, 0.05) is 19.7 Å². The van der Waals surface area contributed by atoms with Gasteiger partial charge in [-0.1, -0.05) is 26.2 Å². The van der Waals surface area contributed by atoms with E-state index in [0.717, 1.165) is 37.8 Å². The highest BCUT2D eigenvalue weighted by Gasteiger charge is 2.21. The van der Waals surface area contributed by atoms with Crippen LogP contribution >= 0.6 is 0 Å². The van der Waals surface area contributed by atoms with Crippen molar-refractivity contribution < 1.29 is 14.3 Å². The Balaban J connectivity index is 2.18. The molecule has 5 nitrogen and oxygen atoms in total. The topological polar surface area (TPSA) is 59.6 Å². The molecule has 148 valence electrons. The average Bonchev–Trinajstić information content (AvgIpc) is 2.55. The van der Waals surface area contributed by atoms with E-state index in [4.69, 9.17) is 9.47 Å². The van der Waals surface area contributed by atoms with Gasteiger partial charge in [-0.15, -0.1) is 0 Å². The quantitative estimate of drug-likeness (QED) is 0.578. The smallest absolute Gasteiger partial charge is 0.407 e. The van der Waals surface area contributed by atoms with Crippen LogP contribution in [0.5, 0.6) is 0 Å². The van der Waals surface area contributed by atoms with Crippen LogP contribution in [0.2, 0.25) is 0 Å². The van der Waals surface area contributed by atoms with Crippen molar-refractivity contribution in [3.05, 3.63) is 0 Å². The van der Waals surface area contributed by atoms with Crippen molar-refractivity contribution in [2.75, 3.05) is 26.8 Å². The molecule has 0 bridgehead atoms. The minimum Gasteiger partial charge on any atom is -0.444 e. The van der Waals surface area contributed by atoms with Crippen LogP contribution in [0.3, 0.4) is 0 Å². The van der Waals surface area contributed by atoms with Crippen LogP contribution in [0.15, 0.2) is 0 Å². The Morgan fingerprint density at radius 1 is 1.16 bits per heavy atom. The SMILES string of the molecule is CCC1CCC(CNC(CCCNC(=O)OC(C)(C)C)COC)CC1. The average molecular weight is 357 g/mol. The van der Waals surface area contributed by atoms with Gasteiger partial charge < -0.3 is 20.1 Å². The number of methoxy groups -OCH3 is 1. The number of nitrogens with one attached hydrogen (secondary N) is 2. The maximum atomic E-state index is 11.6. The van der Waals surface area contributed by atoms with Crippen LogP contribution in [0.4, 0.5) is 4.79 Å². The normalized spacial score (nSPS) is 22.4. The minimum absolute atomic E-state index is 0.337. The first kappa shape index (κ1) is 22.2. The Morgan fingerprint density at radius 3 is 2.36 bits per heavy atom. The van der Waals surface area contributed by atoms with Crippen LogP contribution in [0, 0.1) is 11.8 Å². The summed E-state index contributed by atoms with van der Waals surface area (Å²) in [4.78, 5) is 11.6. The fourth-order valence-electron chi connectivity index (χ4n) is 3.48. The first-order valence-electron chi connectivity index (χ1n) is 10.0. The van der Waals surface area contributed by atoms with Crippen LogP contribution < -0.4 is 10.6 Å². The molecule has 0 heterocycles. The Labute approximate surface area is 154 Å². The molecule has 0 aromatic heterocycles. The van der Waals surface area contributed by atoms with Gasteiger partial charge in [-0.05, 0) is 64.8 Å². The summed E-state index contributed by atoms with van der Waals surface area (Å²) >= 11 is 0. The molecule has 1 aliphatic carbocycles. The van der Waals surface area contributed by atoms with E-state index in [-0.39, 0.29) is 6.09 Å². The molecule has 1 rings (SSSR count). The Hall–Kier alpha value is -0.810. The number of ether oxygens (including phenoxy) is 2. The third kappa shape index (κ3) is 10.7. The number of hydrogen-bond donors (Lipinski definition) is 2. The first-order chi connectivity index (χ1) is 11.8. The standard InChI is InChI=1S/C20H40N2O3/c1-6-16-9-11-17(12-10-16)14-22-18(15-24-5)8-7-13-21-19(23)25-20(2,3)4/h16-18,22H,6-15H2,1-5H3,(H,21,23). The lowest BCUT2D eigenvalue weighted by atomic mass is 9.81. The molecule has 0 aromatic rings. The molecule has 1 aliphatic rings. The molecule has 0 aromatic carbocycles. The second-order valence-corrected chi connectivity index (χ2v) is 8.43. The van der Waals surface area contributed by atoms with Gasteiger partial charge in [0.1, 0.15) is 5.60 Å². The van der Waals surface area contributed by atoms with E-state index in [0.29, 0.717) is 12.6 Å².